The quantitative estimate of drug-likeness (QED) is 0.218. The lowest BCUT2D eigenvalue weighted by Gasteiger charge is -2.15. The van der Waals surface area contributed by atoms with E-state index in [4.69, 9.17) is 9.47 Å². The van der Waals surface area contributed by atoms with Crippen molar-refractivity contribution in [1.29, 1.82) is 0 Å². The third kappa shape index (κ3) is 5.06. The summed E-state index contributed by atoms with van der Waals surface area (Å²) in [7, 11) is -3.81. The largest absolute Gasteiger partial charge is 0.454 e. The van der Waals surface area contributed by atoms with Gasteiger partial charge in [0.1, 0.15) is 10.3 Å². The molecule has 3 N–H and O–H groups in total. The Bertz CT molecular complexity index is 1490. The molecule has 1 aromatic carbocycles. The first-order valence-corrected chi connectivity index (χ1v) is 13.0. The van der Waals surface area contributed by atoms with E-state index in [1.54, 1.807) is 48.1 Å². The number of hydroxylamine groups is 1. The number of rotatable bonds is 9. The molecule has 0 bridgehead atoms. The number of sulfonamides is 1. The van der Waals surface area contributed by atoms with Crippen molar-refractivity contribution >= 4 is 27.3 Å². The van der Waals surface area contributed by atoms with Gasteiger partial charge in [0.25, 0.3) is 5.91 Å². The molecule has 4 aromatic rings. The lowest BCUT2D eigenvalue weighted by atomic mass is 10.0. The topological polar surface area (TPSA) is 158 Å². The molecule has 5 rings (SSSR count). The monoisotopic (exact) mass is 528 g/mol. The second-order valence-corrected chi connectivity index (χ2v) is 10.8. The zero-order valence-corrected chi connectivity index (χ0v) is 20.2. The van der Waals surface area contributed by atoms with Gasteiger partial charge < -0.3 is 9.47 Å². The molecule has 1 unspecified atom stereocenters. The standard InChI is InChI=1S/C22H20N6O6S2/c29-22(26-30)17(9-14-4-5-18-19(10-14)34-13-33-18)28-12-15(25-27-28)11-24-36(31,32)21-7-6-20(35-21)16-3-1-2-8-23-16/h1-8,10,12,17,24,30H,9,11,13H2,(H,26,29). The minimum atomic E-state index is -3.81. The zero-order chi connectivity index (χ0) is 25.1. The first-order valence-electron chi connectivity index (χ1n) is 10.7. The van der Waals surface area contributed by atoms with Gasteiger partial charge in [-0.25, -0.2) is 23.3 Å². The number of fused-ring (bicyclic) bond motifs is 1. The highest BCUT2D eigenvalue weighted by molar-refractivity contribution is 7.91. The third-order valence-corrected chi connectivity index (χ3v) is 8.36. The van der Waals surface area contributed by atoms with Gasteiger partial charge in [-0.1, -0.05) is 17.3 Å². The Hall–Kier alpha value is -3.85. The summed E-state index contributed by atoms with van der Waals surface area (Å²) in [4.78, 5) is 17.3. The summed E-state index contributed by atoms with van der Waals surface area (Å²) in [6.07, 6.45) is 3.26. The number of ether oxygens (including phenoxy) is 2. The SMILES string of the molecule is O=C(NO)C(Cc1ccc2c(c1)OCO2)n1cc(CNS(=O)(=O)c2ccc(-c3ccccn3)s2)nn1. The Morgan fingerprint density at radius 2 is 2.03 bits per heavy atom. The molecule has 1 amide bonds. The summed E-state index contributed by atoms with van der Waals surface area (Å²) in [5, 5.41) is 17.2. The van der Waals surface area contributed by atoms with Crippen molar-refractivity contribution in [2.24, 2.45) is 0 Å². The molecule has 0 saturated carbocycles. The van der Waals surface area contributed by atoms with Gasteiger partial charge in [0, 0.05) is 12.6 Å². The van der Waals surface area contributed by atoms with Crippen LogP contribution in [0.2, 0.25) is 0 Å². The van der Waals surface area contributed by atoms with E-state index >= 15 is 0 Å². The fraction of sp³-hybridized carbons (Fsp3) is 0.182. The minimum absolute atomic E-state index is 0.123. The molecular formula is C22H20N6O6S2. The predicted octanol–water partition coefficient (Wildman–Crippen LogP) is 1.90. The van der Waals surface area contributed by atoms with Crippen LogP contribution in [0.15, 0.2) is 65.1 Å². The highest BCUT2D eigenvalue weighted by atomic mass is 32.2. The van der Waals surface area contributed by atoms with Crippen molar-refractivity contribution < 1.29 is 27.9 Å². The smallest absolute Gasteiger partial charge is 0.268 e. The van der Waals surface area contributed by atoms with Gasteiger partial charge in [-0.15, -0.1) is 16.4 Å². The van der Waals surface area contributed by atoms with Crippen LogP contribution < -0.4 is 19.7 Å². The van der Waals surface area contributed by atoms with Gasteiger partial charge in [-0.3, -0.25) is 15.0 Å². The first kappa shape index (κ1) is 23.9. The molecule has 0 fully saturated rings. The number of nitrogens with one attached hydrogen (secondary N) is 2. The number of hydrogen-bond acceptors (Lipinski definition) is 10. The normalized spacial score (nSPS) is 13.5. The second kappa shape index (κ2) is 10.0. The van der Waals surface area contributed by atoms with Crippen molar-refractivity contribution in [3.63, 3.8) is 0 Å². The molecule has 0 radical (unpaired) electrons. The number of carbonyl (C=O) groups is 1. The molecule has 0 aliphatic carbocycles. The van der Waals surface area contributed by atoms with Crippen molar-refractivity contribution in [2.75, 3.05) is 6.79 Å². The van der Waals surface area contributed by atoms with Crippen LogP contribution in [0.3, 0.4) is 0 Å². The van der Waals surface area contributed by atoms with E-state index in [2.05, 4.69) is 20.0 Å². The molecule has 0 saturated heterocycles. The van der Waals surface area contributed by atoms with Gasteiger partial charge in [-0.05, 0) is 42.0 Å². The number of nitrogens with zero attached hydrogens (tertiary/aromatic N) is 4. The summed E-state index contributed by atoms with van der Waals surface area (Å²) in [5.41, 5.74) is 3.36. The van der Waals surface area contributed by atoms with E-state index in [1.807, 2.05) is 6.07 Å². The number of benzene rings is 1. The van der Waals surface area contributed by atoms with Crippen LogP contribution >= 0.6 is 11.3 Å². The van der Waals surface area contributed by atoms with Gasteiger partial charge in [0.2, 0.25) is 16.8 Å². The van der Waals surface area contributed by atoms with Crippen molar-refractivity contribution in [2.45, 2.75) is 23.2 Å². The maximum atomic E-state index is 12.8. The fourth-order valence-electron chi connectivity index (χ4n) is 3.57. The van der Waals surface area contributed by atoms with Crippen LogP contribution in [0.4, 0.5) is 0 Å². The number of pyridine rings is 1. The van der Waals surface area contributed by atoms with Gasteiger partial charge in [0.05, 0.1) is 29.0 Å². The summed E-state index contributed by atoms with van der Waals surface area (Å²) in [6.45, 7) is -0.0196. The molecule has 12 nitrogen and oxygen atoms in total. The lowest BCUT2D eigenvalue weighted by molar-refractivity contribution is -0.133. The maximum Gasteiger partial charge on any atom is 0.268 e. The Kier molecular flexibility index (Phi) is 6.65. The predicted molar refractivity (Wildman–Crippen MR) is 127 cm³/mol. The molecule has 1 atom stereocenters. The van der Waals surface area contributed by atoms with E-state index < -0.39 is 22.0 Å². The molecule has 3 aromatic heterocycles. The molecule has 1 aliphatic heterocycles. The molecule has 1 aliphatic rings. The Labute approximate surface area is 209 Å². The minimum Gasteiger partial charge on any atom is -0.454 e. The van der Waals surface area contributed by atoms with Crippen LogP contribution in [0.1, 0.15) is 17.3 Å². The van der Waals surface area contributed by atoms with E-state index in [0.717, 1.165) is 21.8 Å². The Morgan fingerprint density at radius 1 is 1.17 bits per heavy atom. The second-order valence-electron chi connectivity index (χ2n) is 7.73. The number of carbonyl (C=O) groups excluding carboxylic acids is 1. The summed E-state index contributed by atoms with van der Waals surface area (Å²) in [5.74, 6) is 0.463. The Morgan fingerprint density at radius 3 is 2.83 bits per heavy atom. The molecule has 186 valence electrons. The number of amides is 1. The van der Waals surface area contributed by atoms with Crippen LogP contribution in [-0.2, 0) is 27.8 Å². The average Bonchev–Trinajstić information content (AvgIpc) is 3.67. The molecule has 36 heavy (non-hydrogen) atoms. The van der Waals surface area contributed by atoms with Crippen LogP contribution in [-0.4, -0.2) is 46.3 Å². The summed E-state index contributed by atoms with van der Waals surface area (Å²) in [6, 6.07) is 12.9. The van der Waals surface area contributed by atoms with E-state index in [1.165, 1.54) is 16.9 Å². The average molecular weight is 529 g/mol. The highest BCUT2D eigenvalue weighted by Gasteiger charge is 2.25. The third-order valence-electron chi connectivity index (χ3n) is 5.36. The van der Waals surface area contributed by atoms with Crippen LogP contribution in [0, 0.1) is 0 Å². The summed E-state index contributed by atoms with van der Waals surface area (Å²) < 4.78 is 40.1. The van der Waals surface area contributed by atoms with Gasteiger partial charge in [-0.2, -0.15) is 0 Å². The van der Waals surface area contributed by atoms with E-state index in [9.17, 15) is 18.4 Å². The zero-order valence-electron chi connectivity index (χ0n) is 18.6. The molecule has 4 heterocycles. The van der Waals surface area contributed by atoms with E-state index in [-0.39, 0.29) is 24.0 Å². The van der Waals surface area contributed by atoms with Crippen molar-refractivity contribution in [3.05, 3.63) is 72.2 Å². The molecule has 14 heteroatoms. The van der Waals surface area contributed by atoms with Gasteiger partial charge >= 0.3 is 0 Å². The molecular weight excluding hydrogens is 508 g/mol. The van der Waals surface area contributed by atoms with Crippen molar-refractivity contribution in [3.8, 4) is 22.1 Å². The number of aromatic nitrogens is 4. The first-order chi connectivity index (χ1) is 17.4. The van der Waals surface area contributed by atoms with Crippen molar-refractivity contribution in [1.82, 2.24) is 30.2 Å². The van der Waals surface area contributed by atoms with Gasteiger partial charge in [0.15, 0.2) is 11.5 Å². The lowest BCUT2D eigenvalue weighted by Crippen LogP contribution is -2.32. The number of thiophene rings is 1. The number of hydrogen-bond donors (Lipinski definition) is 3. The van der Waals surface area contributed by atoms with Crippen LogP contribution in [0.25, 0.3) is 10.6 Å². The summed E-state index contributed by atoms with van der Waals surface area (Å²) >= 11 is 1.10. The molecule has 0 spiro atoms. The fourth-order valence-corrected chi connectivity index (χ4v) is 5.90. The Balaban J connectivity index is 1.28. The van der Waals surface area contributed by atoms with Crippen LogP contribution in [0.5, 0.6) is 11.5 Å². The maximum absolute atomic E-state index is 12.8. The van der Waals surface area contributed by atoms with E-state index in [0.29, 0.717) is 22.9 Å². The highest BCUT2D eigenvalue weighted by Crippen LogP contribution is 2.33.